The van der Waals surface area contributed by atoms with Crippen LogP contribution in [0.15, 0.2) is 0 Å². The number of rotatable bonds is 1. The molecule has 50 valence electrons. The van der Waals surface area contributed by atoms with Crippen LogP contribution in [0.3, 0.4) is 0 Å². The molecule has 0 aromatic carbocycles. The molecule has 1 heterocycles. The van der Waals surface area contributed by atoms with Gasteiger partial charge in [-0.15, -0.1) is 21.8 Å². The van der Waals surface area contributed by atoms with Crippen molar-refractivity contribution in [2.45, 2.75) is 12.3 Å². The van der Waals surface area contributed by atoms with Crippen LogP contribution in [0.2, 0.25) is 0 Å². The smallest absolute Gasteiger partial charge is 0.203 e. The van der Waals surface area contributed by atoms with E-state index in [-0.39, 0.29) is 5.38 Å². The van der Waals surface area contributed by atoms with E-state index in [0.29, 0.717) is 5.13 Å². The fourth-order valence-corrected chi connectivity index (χ4v) is 1.12. The average molecular weight is 164 g/mol. The first kappa shape index (κ1) is 6.77. The van der Waals surface area contributed by atoms with Gasteiger partial charge in [-0.05, 0) is 6.92 Å². The molecule has 0 saturated heterocycles. The standard InChI is InChI=1S/C4H6ClN3S/c1-2(5)3-7-8-4(6)9-3/h2H,1H3,(H2,6,8). The van der Waals surface area contributed by atoms with Crippen molar-refractivity contribution in [3.8, 4) is 0 Å². The molecule has 0 fully saturated rings. The fourth-order valence-electron chi connectivity index (χ4n) is 0.407. The van der Waals surface area contributed by atoms with Gasteiger partial charge in [-0.3, -0.25) is 0 Å². The molecule has 0 aliphatic carbocycles. The van der Waals surface area contributed by atoms with Gasteiger partial charge in [0.15, 0.2) is 0 Å². The summed E-state index contributed by atoms with van der Waals surface area (Å²) < 4.78 is 0. The second kappa shape index (κ2) is 2.49. The highest BCUT2D eigenvalue weighted by atomic mass is 35.5. The molecule has 5 heteroatoms. The lowest BCUT2D eigenvalue weighted by Gasteiger charge is -1.89. The summed E-state index contributed by atoms with van der Waals surface area (Å²) in [7, 11) is 0. The van der Waals surface area contributed by atoms with Crippen LogP contribution in [-0.4, -0.2) is 10.2 Å². The molecule has 9 heavy (non-hydrogen) atoms. The van der Waals surface area contributed by atoms with E-state index >= 15 is 0 Å². The normalized spacial score (nSPS) is 13.6. The van der Waals surface area contributed by atoms with Crippen LogP contribution in [0.1, 0.15) is 17.3 Å². The molecular formula is C4H6ClN3S. The zero-order valence-corrected chi connectivity index (χ0v) is 6.41. The van der Waals surface area contributed by atoms with E-state index in [1.54, 1.807) is 0 Å². The molecule has 3 nitrogen and oxygen atoms in total. The van der Waals surface area contributed by atoms with Crippen molar-refractivity contribution in [2.75, 3.05) is 5.73 Å². The highest BCUT2D eigenvalue weighted by Crippen LogP contribution is 2.23. The Morgan fingerprint density at radius 2 is 2.33 bits per heavy atom. The Bertz CT molecular complexity index is 197. The highest BCUT2D eigenvalue weighted by Gasteiger charge is 2.05. The number of nitrogens with two attached hydrogens (primary N) is 1. The number of aromatic nitrogens is 2. The Labute approximate surface area is 61.9 Å². The van der Waals surface area contributed by atoms with Crippen LogP contribution in [0.5, 0.6) is 0 Å². The van der Waals surface area contributed by atoms with Gasteiger partial charge in [-0.25, -0.2) is 0 Å². The lowest BCUT2D eigenvalue weighted by atomic mass is 10.5. The summed E-state index contributed by atoms with van der Waals surface area (Å²) in [4.78, 5) is 0. The number of hydrogen-bond donors (Lipinski definition) is 1. The zero-order chi connectivity index (χ0) is 6.85. The predicted octanol–water partition coefficient (Wildman–Crippen LogP) is 1.42. The van der Waals surface area contributed by atoms with Crippen LogP contribution in [0.4, 0.5) is 5.13 Å². The van der Waals surface area contributed by atoms with Crippen LogP contribution in [-0.2, 0) is 0 Å². The molecule has 0 saturated carbocycles. The zero-order valence-electron chi connectivity index (χ0n) is 4.84. The lowest BCUT2D eigenvalue weighted by molar-refractivity contribution is 0.964. The summed E-state index contributed by atoms with van der Waals surface area (Å²) in [5.74, 6) is 0. The predicted molar refractivity (Wildman–Crippen MR) is 38.6 cm³/mol. The Morgan fingerprint density at radius 1 is 1.67 bits per heavy atom. The largest absolute Gasteiger partial charge is 0.374 e. The maximum atomic E-state index is 5.67. The van der Waals surface area contributed by atoms with Crippen molar-refractivity contribution in [3.63, 3.8) is 0 Å². The molecule has 1 atom stereocenters. The third-order valence-corrected chi connectivity index (χ3v) is 2.07. The van der Waals surface area contributed by atoms with Crippen molar-refractivity contribution < 1.29 is 0 Å². The first-order chi connectivity index (χ1) is 4.20. The summed E-state index contributed by atoms with van der Waals surface area (Å²) in [6, 6.07) is 0. The summed E-state index contributed by atoms with van der Waals surface area (Å²) >= 11 is 6.99. The lowest BCUT2D eigenvalue weighted by Crippen LogP contribution is -1.81. The Hall–Kier alpha value is -0.350. The number of alkyl halides is 1. The molecule has 1 aromatic heterocycles. The molecule has 0 spiro atoms. The van der Waals surface area contributed by atoms with Crippen molar-refractivity contribution >= 4 is 28.1 Å². The maximum absolute atomic E-state index is 5.67. The molecule has 0 aliphatic rings. The van der Waals surface area contributed by atoms with Gasteiger partial charge in [0.25, 0.3) is 0 Å². The Morgan fingerprint density at radius 3 is 2.56 bits per heavy atom. The van der Waals surface area contributed by atoms with Gasteiger partial charge in [-0.1, -0.05) is 11.3 Å². The van der Waals surface area contributed by atoms with Gasteiger partial charge < -0.3 is 5.73 Å². The third-order valence-electron chi connectivity index (χ3n) is 0.797. The molecule has 1 aromatic rings. The van der Waals surface area contributed by atoms with Gasteiger partial charge in [0.05, 0.1) is 5.38 Å². The second-order valence-electron chi connectivity index (χ2n) is 1.59. The van der Waals surface area contributed by atoms with Crippen molar-refractivity contribution in [2.24, 2.45) is 0 Å². The number of anilines is 1. The van der Waals surface area contributed by atoms with Gasteiger partial charge in [0.1, 0.15) is 5.01 Å². The minimum Gasteiger partial charge on any atom is -0.374 e. The van der Waals surface area contributed by atoms with Crippen molar-refractivity contribution in [1.29, 1.82) is 0 Å². The first-order valence-electron chi connectivity index (χ1n) is 2.43. The van der Waals surface area contributed by atoms with E-state index < -0.39 is 0 Å². The molecule has 0 radical (unpaired) electrons. The first-order valence-corrected chi connectivity index (χ1v) is 3.68. The molecule has 0 aliphatic heterocycles. The minimum atomic E-state index is -0.0835. The summed E-state index contributed by atoms with van der Waals surface area (Å²) in [5.41, 5.74) is 5.30. The number of nitrogen functional groups attached to an aromatic ring is 1. The summed E-state index contributed by atoms with van der Waals surface area (Å²) in [6.07, 6.45) is 0. The number of halogens is 1. The van der Waals surface area contributed by atoms with Crippen molar-refractivity contribution in [3.05, 3.63) is 5.01 Å². The van der Waals surface area contributed by atoms with E-state index in [9.17, 15) is 0 Å². The van der Waals surface area contributed by atoms with E-state index in [1.165, 1.54) is 11.3 Å². The van der Waals surface area contributed by atoms with E-state index in [4.69, 9.17) is 17.3 Å². The molecule has 1 rings (SSSR count). The van der Waals surface area contributed by atoms with E-state index in [1.807, 2.05) is 6.92 Å². The second-order valence-corrected chi connectivity index (χ2v) is 3.29. The maximum Gasteiger partial charge on any atom is 0.203 e. The molecular weight excluding hydrogens is 158 g/mol. The van der Waals surface area contributed by atoms with Gasteiger partial charge >= 0.3 is 0 Å². The summed E-state index contributed by atoms with van der Waals surface area (Å²) in [6.45, 7) is 1.83. The molecule has 1 unspecified atom stereocenters. The minimum absolute atomic E-state index is 0.0835. The van der Waals surface area contributed by atoms with E-state index in [0.717, 1.165) is 5.01 Å². The van der Waals surface area contributed by atoms with E-state index in [2.05, 4.69) is 10.2 Å². The van der Waals surface area contributed by atoms with Crippen LogP contribution in [0, 0.1) is 0 Å². The van der Waals surface area contributed by atoms with Crippen LogP contribution < -0.4 is 5.73 Å². The SMILES string of the molecule is CC(Cl)c1nnc(N)s1. The van der Waals surface area contributed by atoms with Gasteiger partial charge in [0, 0.05) is 0 Å². The number of hydrogen-bond acceptors (Lipinski definition) is 4. The third kappa shape index (κ3) is 1.53. The molecule has 0 bridgehead atoms. The quantitative estimate of drug-likeness (QED) is 0.638. The monoisotopic (exact) mass is 163 g/mol. The topological polar surface area (TPSA) is 51.8 Å². The number of nitrogens with zero attached hydrogens (tertiary/aromatic N) is 2. The van der Waals surface area contributed by atoms with Crippen LogP contribution in [0.25, 0.3) is 0 Å². The fraction of sp³-hybridized carbons (Fsp3) is 0.500. The van der Waals surface area contributed by atoms with Crippen LogP contribution >= 0.6 is 22.9 Å². The highest BCUT2D eigenvalue weighted by molar-refractivity contribution is 7.15. The van der Waals surface area contributed by atoms with Gasteiger partial charge in [-0.2, -0.15) is 0 Å². The van der Waals surface area contributed by atoms with Crippen molar-refractivity contribution in [1.82, 2.24) is 10.2 Å². The molecule has 2 N–H and O–H groups in total. The average Bonchev–Trinajstić information content (AvgIpc) is 2.14. The Balaban J connectivity index is 2.85. The molecule has 0 amide bonds. The van der Waals surface area contributed by atoms with Gasteiger partial charge in [0.2, 0.25) is 5.13 Å². The summed E-state index contributed by atoms with van der Waals surface area (Å²) in [5, 5.41) is 8.49. The Kier molecular flexibility index (Phi) is 1.87.